The standard InChI is InChI=1S/C17H23Cl3N2.2ClH/c18-13-10-14(16(20)15(19)11-13)17(12-4-2-1-3-5-12)22-8-6-21-7-9-22;;/h10-12,17,21H,1-9H2;2*1H/t17-;;/m1../s1. The van der Waals surface area contributed by atoms with E-state index in [9.17, 15) is 0 Å². The van der Waals surface area contributed by atoms with Crippen LogP contribution in [0.15, 0.2) is 12.1 Å². The van der Waals surface area contributed by atoms with Crippen LogP contribution in [0.5, 0.6) is 0 Å². The molecule has 1 aliphatic carbocycles. The molecule has 1 atom stereocenters. The van der Waals surface area contributed by atoms with Crippen LogP contribution in [0.2, 0.25) is 15.1 Å². The quantitative estimate of drug-likeness (QED) is 0.586. The average molecular weight is 435 g/mol. The molecule has 1 aromatic rings. The summed E-state index contributed by atoms with van der Waals surface area (Å²) in [4.78, 5) is 2.57. The topological polar surface area (TPSA) is 15.3 Å². The van der Waals surface area contributed by atoms with Crippen molar-refractivity contribution in [2.45, 2.75) is 38.1 Å². The summed E-state index contributed by atoms with van der Waals surface area (Å²) in [6.07, 6.45) is 6.54. The van der Waals surface area contributed by atoms with Crippen molar-refractivity contribution in [3.8, 4) is 0 Å². The van der Waals surface area contributed by atoms with Gasteiger partial charge in [0.2, 0.25) is 0 Å². The van der Waals surface area contributed by atoms with Crippen LogP contribution in [0.4, 0.5) is 0 Å². The number of hydrogen-bond acceptors (Lipinski definition) is 2. The second kappa shape index (κ2) is 10.7. The lowest BCUT2D eigenvalue weighted by Crippen LogP contribution is -2.47. The molecule has 1 heterocycles. The SMILES string of the molecule is Cl.Cl.Clc1cc(Cl)c(Cl)c([C@@H](C2CCCCC2)N2CCNCC2)c1. The molecule has 0 radical (unpaired) electrons. The minimum absolute atomic E-state index is 0. The summed E-state index contributed by atoms with van der Waals surface area (Å²) in [6, 6.07) is 4.10. The predicted molar refractivity (Wildman–Crippen MR) is 110 cm³/mol. The van der Waals surface area contributed by atoms with Gasteiger partial charge in [0.1, 0.15) is 0 Å². The van der Waals surface area contributed by atoms with Gasteiger partial charge in [0.05, 0.1) is 10.0 Å². The van der Waals surface area contributed by atoms with E-state index in [1.165, 1.54) is 32.1 Å². The van der Waals surface area contributed by atoms with Gasteiger partial charge in [-0.25, -0.2) is 0 Å². The van der Waals surface area contributed by atoms with Gasteiger partial charge in [0.15, 0.2) is 0 Å². The van der Waals surface area contributed by atoms with Gasteiger partial charge >= 0.3 is 0 Å². The Morgan fingerprint density at radius 3 is 2.21 bits per heavy atom. The maximum Gasteiger partial charge on any atom is 0.0641 e. The van der Waals surface area contributed by atoms with Gasteiger partial charge in [-0.2, -0.15) is 0 Å². The van der Waals surface area contributed by atoms with E-state index in [1.807, 2.05) is 6.07 Å². The summed E-state index contributed by atoms with van der Waals surface area (Å²) in [5, 5.41) is 5.37. The number of piperazine rings is 1. The molecule has 138 valence electrons. The van der Waals surface area contributed by atoms with E-state index in [-0.39, 0.29) is 24.8 Å². The van der Waals surface area contributed by atoms with Crippen molar-refractivity contribution in [3.05, 3.63) is 32.8 Å². The van der Waals surface area contributed by atoms with Crippen LogP contribution in [-0.4, -0.2) is 31.1 Å². The Balaban J connectivity index is 0.00000144. The molecule has 0 bridgehead atoms. The normalized spacial score (nSPS) is 20.8. The van der Waals surface area contributed by atoms with E-state index in [0.29, 0.717) is 27.0 Å². The smallest absolute Gasteiger partial charge is 0.0641 e. The number of nitrogens with zero attached hydrogens (tertiary/aromatic N) is 1. The fourth-order valence-corrected chi connectivity index (χ4v) is 4.68. The molecule has 2 fully saturated rings. The number of nitrogens with one attached hydrogen (secondary N) is 1. The van der Waals surface area contributed by atoms with Crippen LogP contribution >= 0.6 is 59.6 Å². The zero-order chi connectivity index (χ0) is 15.5. The summed E-state index contributed by atoms with van der Waals surface area (Å²) in [5.74, 6) is 0.652. The fourth-order valence-electron chi connectivity index (χ4n) is 3.95. The molecule has 0 amide bonds. The summed E-state index contributed by atoms with van der Waals surface area (Å²) >= 11 is 19.1. The first-order chi connectivity index (χ1) is 10.7. The van der Waals surface area contributed by atoms with Gasteiger partial charge in [0, 0.05) is 37.2 Å². The minimum Gasteiger partial charge on any atom is -0.314 e. The Kier molecular flexibility index (Phi) is 10.1. The number of halogens is 5. The molecule has 24 heavy (non-hydrogen) atoms. The molecule has 0 aromatic heterocycles. The summed E-state index contributed by atoms with van der Waals surface area (Å²) < 4.78 is 0. The lowest BCUT2D eigenvalue weighted by atomic mass is 9.80. The van der Waals surface area contributed by atoms with Crippen molar-refractivity contribution in [2.75, 3.05) is 26.2 Å². The largest absolute Gasteiger partial charge is 0.314 e. The summed E-state index contributed by atoms with van der Waals surface area (Å²) in [6.45, 7) is 4.19. The van der Waals surface area contributed by atoms with Crippen LogP contribution in [0.25, 0.3) is 0 Å². The van der Waals surface area contributed by atoms with E-state index < -0.39 is 0 Å². The van der Waals surface area contributed by atoms with Gasteiger partial charge in [-0.05, 0) is 36.5 Å². The first-order valence-electron chi connectivity index (χ1n) is 8.26. The molecule has 1 aromatic carbocycles. The molecule has 0 unspecified atom stereocenters. The molecule has 1 aliphatic heterocycles. The van der Waals surface area contributed by atoms with Gasteiger partial charge in [-0.3, -0.25) is 4.90 Å². The van der Waals surface area contributed by atoms with Crippen LogP contribution in [-0.2, 0) is 0 Å². The Hall–Kier alpha value is 0.590. The van der Waals surface area contributed by atoms with E-state index in [4.69, 9.17) is 34.8 Å². The molecule has 7 heteroatoms. The first-order valence-corrected chi connectivity index (χ1v) is 9.39. The maximum absolute atomic E-state index is 6.57. The Morgan fingerprint density at radius 1 is 0.958 bits per heavy atom. The van der Waals surface area contributed by atoms with Gasteiger partial charge in [-0.1, -0.05) is 54.1 Å². The second-order valence-corrected chi connectivity index (χ2v) is 7.64. The monoisotopic (exact) mass is 432 g/mol. The zero-order valence-corrected chi connectivity index (χ0v) is 17.5. The Labute approximate surface area is 172 Å². The molecule has 1 saturated carbocycles. The van der Waals surface area contributed by atoms with Crippen molar-refractivity contribution < 1.29 is 0 Å². The summed E-state index contributed by atoms with van der Waals surface area (Å²) in [5.41, 5.74) is 1.12. The van der Waals surface area contributed by atoms with Crippen LogP contribution in [0.1, 0.15) is 43.7 Å². The van der Waals surface area contributed by atoms with E-state index in [1.54, 1.807) is 6.07 Å². The number of hydrogen-bond donors (Lipinski definition) is 1. The molecule has 0 spiro atoms. The molecule has 1 N–H and O–H groups in total. The summed E-state index contributed by atoms with van der Waals surface area (Å²) in [7, 11) is 0. The Morgan fingerprint density at radius 2 is 1.58 bits per heavy atom. The first kappa shape index (κ1) is 22.6. The van der Waals surface area contributed by atoms with Gasteiger partial charge in [0.25, 0.3) is 0 Å². The molecular weight excluding hydrogens is 409 g/mol. The highest BCUT2D eigenvalue weighted by Crippen LogP contribution is 2.43. The highest BCUT2D eigenvalue weighted by molar-refractivity contribution is 6.43. The van der Waals surface area contributed by atoms with Crippen molar-refractivity contribution in [1.82, 2.24) is 10.2 Å². The predicted octanol–water partition coefficient (Wildman–Crippen LogP) is 6.02. The lowest BCUT2D eigenvalue weighted by Gasteiger charge is -2.41. The number of rotatable bonds is 3. The molecule has 2 nitrogen and oxygen atoms in total. The Bertz CT molecular complexity index is 496. The highest BCUT2D eigenvalue weighted by atomic mass is 35.5. The van der Waals surface area contributed by atoms with Crippen molar-refractivity contribution >= 4 is 59.6 Å². The van der Waals surface area contributed by atoms with Gasteiger partial charge < -0.3 is 5.32 Å². The van der Waals surface area contributed by atoms with Crippen LogP contribution in [0, 0.1) is 5.92 Å². The van der Waals surface area contributed by atoms with Crippen LogP contribution in [0.3, 0.4) is 0 Å². The lowest BCUT2D eigenvalue weighted by molar-refractivity contribution is 0.103. The molecular formula is C17H25Cl5N2. The van der Waals surface area contributed by atoms with E-state index in [0.717, 1.165) is 31.7 Å². The third-order valence-corrected chi connectivity index (χ3v) is 6.02. The third-order valence-electron chi connectivity index (χ3n) is 4.98. The molecule has 2 aliphatic rings. The van der Waals surface area contributed by atoms with Crippen LogP contribution < -0.4 is 5.32 Å². The minimum atomic E-state index is 0. The maximum atomic E-state index is 6.57. The third kappa shape index (κ3) is 5.30. The van der Waals surface area contributed by atoms with E-state index >= 15 is 0 Å². The number of benzene rings is 1. The molecule has 1 saturated heterocycles. The highest BCUT2D eigenvalue weighted by Gasteiger charge is 2.32. The zero-order valence-electron chi connectivity index (χ0n) is 13.6. The van der Waals surface area contributed by atoms with Crippen molar-refractivity contribution in [2.24, 2.45) is 5.92 Å². The van der Waals surface area contributed by atoms with Crippen molar-refractivity contribution in [3.63, 3.8) is 0 Å². The second-order valence-electron chi connectivity index (χ2n) is 6.42. The fraction of sp³-hybridized carbons (Fsp3) is 0.647. The van der Waals surface area contributed by atoms with E-state index in [2.05, 4.69) is 10.2 Å². The average Bonchev–Trinajstić information content (AvgIpc) is 2.54. The van der Waals surface area contributed by atoms with Crippen molar-refractivity contribution in [1.29, 1.82) is 0 Å². The molecule has 3 rings (SSSR count). The van der Waals surface area contributed by atoms with Gasteiger partial charge in [-0.15, -0.1) is 24.8 Å².